The molecule has 0 amide bonds. The Labute approximate surface area is 221 Å². The quantitative estimate of drug-likeness (QED) is 0.191. The van der Waals surface area contributed by atoms with Gasteiger partial charge in [-0.3, -0.25) is 4.72 Å². The van der Waals surface area contributed by atoms with Crippen LogP contribution in [0.4, 0.5) is 5.82 Å². The Morgan fingerprint density at radius 2 is 1.78 bits per heavy atom. The van der Waals surface area contributed by atoms with Crippen LogP contribution in [0.2, 0.25) is 5.02 Å². The van der Waals surface area contributed by atoms with Gasteiger partial charge in [0.05, 0.1) is 5.56 Å². The molecule has 0 spiro atoms. The van der Waals surface area contributed by atoms with E-state index in [1.165, 1.54) is 29.4 Å². The van der Waals surface area contributed by atoms with Crippen molar-refractivity contribution in [1.29, 1.82) is 0 Å². The Morgan fingerprint density at radius 3 is 2.47 bits per heavy atom. The zero-order chi connectivity index (χ0) is 25.4. The number of hydrogen-bond donors (Lipinski definition) is 2. The van der Waals surface area contributed by atoms with Crippen molar-refractivity contribution in [3.05, 3.63) is 70.4 Å². The van der Waals surface area contributed by atoms with Gasteiger partial charge >= 0.3 is 16.2 Å². The van der Waals surface area contributed by atoms with Gasteiger partial charge in [-0.25, -0.2) is 19.9 Å². The number of hydrogen-bond acceptors (Lipinski definition) is 10. The largest absolute Gasteiger partial charge is 0.473 e. The SMILES string of the molecule is CSc1cnc(OCCOc2ncnc(NS(=O)(=O)NCc3cccs3)c2-c2ccc(Cl)cc2)nc1. The van der Waals surface area contributed by atoms with Gasteiger partial charge < -0.3 is 9.47 Å². The summed E-state index contributed by atoms with van der Waals surface area (Å²) in [5.41, 5.74) is 0.971. The molecule has 0 unspecified atom stereocenters. The molecular weight excluding hydrogens is 544 g/mol. The molecule has 1 aromatic carbocycles. The maximum Gasteiger partial charge on any atom is 0.316 e. The molecular formula is C22H21ClN6O4S3. The number of nitrogens with one attached hydrogen (secondary N) is 2. The Bertz CT molecular complexity index is 1370. The van der Waals surface area contributed by atoms with E-state index in [1.54, 1.807) is 36.7 Å². The fourth-order valence-electron chi connectivity index (χ4n) is 2.93. The van der Waals surface area contributed by atoms with E-state index in [4.69, 9.17) is 21.1 Å². The molecule has 0 fully saturated rings. The van der Waals surface area contributed by atoms with Crippen molar-refractivity contribution >= 4 is 50.7 Å². The van der Waals surface area contributed by atoms with Crippen molar-refractivity contribution in [2.24, 2.45) is 0 Å². The predicted octanol–water partition coefficient (Wildman–Crippen LogP) is 4.27. The Morgan fingerprint density at radius 1 is 1.03 bits per heavy atom. The van der Waals surface area contributed by atoms with Crippen LogP contribution in [0.25, 0.3) is 11.1 Å². The Hall–Kier alpha value is -2.97. The number of aromatic nitrogens is 4. The zero-order valence-corrected chi connectivity index (χ0v) is 22.1. The monoisotopic (exact) mass is 564 g/mol. The molecule has 0 saturated carbocycles. The zero-order valence-electron chi connectivity index (χ0n) is 18.9. The summed E-state index contributed by atoms with van der Waals surface area (Å²) in [5, 5.41) is 2.40. The van der Waals surface area contributed by atoms with Gasteiger partial charge in [-0.05, 0) is 35.4 Å². The van der Waals surface area contributed by atoms with Crippen LogP contribution in [0.3, 0.4) is 0 Å². The van der Waals surface area contributed by atoms with Crippen LogP contribution in [0.1, 0.15) is 4.88 Å². The first kappa shape index (κ1) is 26.1. The highest BCUT2D eigenvalue weighted by atomic mass is 35.5. The number of halogens is 1. The van der Waals surface area contributed by atoms with E-state index in [2.05, 4.69) is 29.4 Å². The van der Waals surface area contributed by atoms with Crippen LogP contribution in [-0.2, 0) is 16.8 Å². The topological polar surface area (TPSA) is 128 Å². The van der Waals surface area contributed by atoms with Gasteiger partial charge in [0.25, 0.3) is 0 Å². The molecule has 0 radical (unpaired) electrons. The number of anilines is 1. The third-order valence-corrected chi connectivity index (χ3v) is 7.38. The van der Waals surface area contributed by atoms with Crippen molar-refractivity contribution in [3.63, 3.8) is 0 Å². The summed E-state index contributed by atoms with van der Waals surface area (Å²) < 4.78 is 41.8. The number of thioether (sulfide) groups is 1. The molecule has 4 rings (SSSR count). The van der Waals surface area contributed by atoms with Gasteiger partial charge in [-0.1, -0.05) is 29.8 Å². The second-order valence-electron chi connectivity index (χ2n) is 7.02. The highest BCUT2D eigenvalue weighted by molar-refractivity contribution is 7.98. The minimum Gasteiger partial charge on any atom is -0.473 e. The van der Waals surface area contributed by atoms with Crippen LogP contribution < -0.4 is 18.9 Å². The second kappa shape index (κ2) is 12.3. The number of rotatable bonds is 12. The average Bonchev–Trinajstić information content (AvgIpc) is 3.40. The molecule has 0 aliphatic rings. The lowest BCUT2D eigenvalue weighted by Crippen LogP contribution is -2.30. The Kier molecular flexibility index (Phi) is 8.93. The average molecular weight is 565 g/mol. The summed E-state index contributed by atoms with van der Waals surface area (Å²) in [4.78, 5) is 18.4. The third kappa shape index (κ3) is 7.27. The van der Waals surface area contributed by atoms with Crippen molar-refractivity contribution in [3.8, 4) is 23.0 Å². The summed E-state index contributed by atoms with van der Waals surface area (Å²) in [5.74, 6) is 0.225. The van der Waals surface area contributed by atoms with Crippen molar-refractivity contribution in [2.45, 2.75) is 11.4 Å². The molecule has 2 N–H and O–H groups in total. The van der Waals surface area contributed by atoms with Crippen molar-refractivity contribution < 1.29 is 17.9 Å². The lowest BCUT2D eigenvalue weighted by molar-refractivity contribution is 0.201. The van der Waals surface area contributed by atoms with Gasteiger partial charge in [-0.15, -0.1) is 23.1 Å². The third-order valence-electron chi connectivity index (χ3n) is 4.59. The number of nitrogens with zero attached hydrogens (tertiary/aromatic N) is 4. The van der Waals surface area contributed by atoms with Gasteiger partial charge in [0.2, 0.25) is 5.88 Å². The second-order valence-corrected chi connectivity index (χ2v) is 10.9. The van der Waals surface area contributed by atoms with Crippen molar-refractivity contribution in [1.82, 2.24) is 24.7 Å². The molecule has 36 heavy (non-hydrogen) atoms. The molecule has 4 aromatic rings. The van der Waals surface area contributed by atoms with Crippen LogP contribution >= 0.6 is 34.7 Å². The normalized spacial score (nSPS) is 11.3. The summed E-state index contributed by atoms with van der Waals surface area (Å²) in [6.07, 6.45) is 6.49. The molecule has 0 atom stereocenters. The van der Waals surface area contributed by atoms with Gasteiger partial charge in [-0.2, -0.15) is 13.1 Å². The standard InChI is InChI=1S/C22H21ClN6O4S3/c1-34-18-11-24-22(25-12-18)33-9-8-32-21-19(15-4-6-16(23)7-5-15)20(26-14-27-21)29-36(30,31)28-13-17-3-2-10-35-17/h2-7,10-12,14,28H,8-9,13H2,1H3,(H,26,27,29). The molecule has 10 nitrogen and oxygen atoms in total. The first-order valence-corrected chi connectivity index (χ1v) is 14.4. The minimum absolute atomic E-state index is 0.0536. The van der Waals surface area contributed by atoms with E-state index < -0.39 is 10.2 Å². The van der Waals surface area contributed by atoms with Crippen LogP contribution in [0.5, 0.6) is 11.9 Å². The van der Waals surface area contributed by atoms with Crippen LogP contribution in [0.15, 0.2) is 65.4 Å². The molecule has 0 saturated heterocycles. The molecule has 0 bridgehead atoms. The molecule has 14 heteroatoms. The molecule has 3 heterocycles. The number of thiophene rings is 1. The lowest BCUT2D eigenvalue weighted by atomic mass is 10.1. The van der Waals surface area contributed by atoms with E-state index in [-0.39, 0.29) is 37.5 Å². The summed E-state index contributed by atoms with van der Waals surface area (Å²) >= 11 is 9.02. The minimum atomic E-state index is -3.94. The first-order chi connectivity index (χ1) is 17.4. The lowest BCUT2D eigenvalue weighted by Gasteiger charge is -2.16. The van der Waals surface area contributed by atoms with Gasteiger partial charge in [0, 0.05) is 33.7 Å². The molecule has 3 aromatic heterocycles. The van der Waals surface area contributed by atoms with Gasteiger partial charge in [0.1, 0.15) is 19.5 Å². The van der Waals surface area contributed by atoms with Crippen molar-refractivity contribution in [2.75, 3.05) is 24.2 Å². The van der Waals surface area contributed by atoms with Crippen LogP contribution in [-0.4, -0.2) is 47.8 Å². The fraction of sp³-hybridized carbons (Fsp3) is 0.182. The summed E-state index contributed by atoms with van der Waals surface area (Å²) in [7, 11) is -3.94. The highest BCUT2D eigenvalue weighted by Crippen LogP contribution is 2.35. The smallest absolute Gasteiger partial charge is 0.316 e. The highest BCUT2D eigenvalue weighted by Gasteiger charge is 2.20. The summed E-state index contributed by atoms with van der Waals surface area (Å²) in [6.45, 7) is 0.398. The van der Waals surface area contributed by atoms with E-state index in [1.807, 2.05) is 23.8 Å². The molecule has 188 valence electrons. The van der Waals surface area contributed by atoms with Gasteiger partial charge in [0.15, 0.2) is 5.82 Å². The van der Waals surface area contributed by atoms with E-state index >= 15 is 0 Å². The van der Waals surface area contributed by atoms with E-state index in [0.717, 1.165) is 9.77 Å². The first-order valence-electron chi connectivity index (χ1n) is 10.5. The fourth-order valence-corrected chi connectivity index (χ4v) is 4.94. The maximum absolute atomic E-state index is 12.7. The number of ether oxygens (including phenoxy) is 2. The van der Waals surface area contributed by atoms with E-state index in [0.29, 0.717) is 16.1 Å². The molecule has 0 aliphatic heterocycles. The van der Waals surface area contributed by atoms with Crippen LogP contribution in [0, 0.1) is 0 Å². The van der Waals surface area contributed by atoms with E-state index in [9.17, 15) is 8.42 Å². The number of benzene rings is 1. The predicted molar refractivity (Wildman–Crippen MR) is 141 cm³/mol. The maximum atomic E-state index is 12.7. The Balaban J connectivity index is 1.50. The molecule has 0 aliphatic carbocycles. The summed E-state index contributed by atoms with van der Waals surface area (Å²) in [6, 6.07) is 10.7.